The summed E-state index contributed by atoms with van der Waals surface area (Å²) in [5.74, 6) is 1.72. The number of rotatable bonds is 3. The maximum Gasteiger partial charge on any atom is 0.242 e. The van der Waals surface area contributed by atoms with E-state index in [0.717, 1.165) is 42.2 Å². The molecule has 0 bridgehead atoms. The predicted molar refractivity (Wildman–Crippen MR) is 96.5 cm³/mol. The molecular formula is C17H21ClN6O. The van der Waals surface area contributed by atoms with Gasteiger partial charge in [-0.05, 0) is 25.3 Å². The van der Waals surface area contributed by atoms with E-state index in [4.69, 9.17) is 16.6 Å². The smallest absolute Gasteiger partial charge is 0.242 e. The quantitative estimate of drug-likeness (QED) is 0.750. The van der Waals surface area contributed by atoms with Crippen LogP contribution in [0.15, 0.2) is 29.7 Å². The highest BCUT2D eigenvalue weighted by Gasteiger charge is 2.35. The van der Waals surface area contributed by atoms with E-state index >= 15 is 0 Å². The zero-order valence-corrected chi connectivity index (χ0v) is 14.8. The molecule has 3 N–H and O–H groups in total. The third kappa shape index (κ3) is 2.93. The molecule has 2 unspecified atom stereocenters. The van der Waals surface area contributed by atoms with Gasteiger partial charge in [-0.1, -0.05) is 11.6 Å². The number of carbonyl (C=O) groups is 1. The molecule has 0 aromatic carbocycles. The van der Waals surface area contributed by atoms with Crippen molar-refractivity contribution in [2.45, 2.75) is 31.5 Å². The predicted octanol–water partition coefficient (Wildman–Crippen LogP) is 1.15. The van der Waals surface area contributed by atoms with Gasteiger partial charge in [0.05, 0.1) is 0 Å². The number of carbonyl (C=O) groups excluding carboxylic acids is 1. The Balaban J connectivity index is 1.60. The van der Waals surface area contributed by atoms with E-state index in [1.165, 1.54) is 0 Å². The highest BCUT2D eigenvalue weighted by atomic mass is 35.5. The summed E-state index contributed by atoms with van der Waals surface area (Å²) in [5.41, 5.74) is 1.04. The summed E-state index contributed by atoms with van der Waals surface area (Å²) >= 11 is 6.19. The molecular weight excluding hydrogens is 340 g/mol. The third-order valence-electron chi connectivity index (χ3n) is 5.05. The van der Waals surface area contributed by atoms with Crippen molar-refractivity contribution in [3.05, 3.63) is 35.5 Å². The van der Waals surface area contributed by atoms with E-state index in [9.17, 15) is 4.79 Å². The third-order valence-corrected chi connectivity index (χ3v) is 5.31. The molecule has 3 aliphatic heterocycles. The molecule has 4 heterocycles. The van der Waals surface area contributed by atoms with Crippen LogP contribution in [0.1, 0.15) is 25.1 Å². The lowest BCUT2D eigenvalue weighted by Crippen LogP contribution is -2.42. The van der Waals surface area contributed by atoms with E-state index < -0.39 is 0 Å². The number of likely N-dealkylation sites (N-methyl/N-ethyl adjacent to an activating group) is 1. The summed E-state index contributed by atoms with van der Waals surface area (Å²) in [6.45, 7) is 0.827. The normalized spacial score (nSPS) is 27.8. The van der Waals surface area contributed by atoms with Gasteiger partial charge in [0, 0.05) is 48.7 Å². The maximum atomic E-state index is 12.1. The van der Waals surface area contributed by atoms with Gasteiger partial charge in [-0.25, -0.2) is 9.97 Å². The maximum absolute atomic E-state index is 12.1. The lowest BCUT2D eigenvalue weighted by atomic mass is 9.93. The second kappa shape index (κ2) is 6.55. The summed E-state index contributed by atoms with van der Waals surface area (Å²) in [5, 5.41) is 10.1. The van der Waals surface area contributed by atoms with Crippen LogP contribution in [0.3, 0.4) is 0 Å². The highest BCUT2D eigenvalue weighted by Crippen LogP contribution is 2.36. The Kier molecular flexibility index (Phi) is 4.25. The van der Waals surface area contributed by atoms with Gasteiger partial charge in [-0.2, -0.15) is 0 Å². The van der Waals surface area contributed by atoms with E-state index in [0.29, 0.717) is 5.82 Å². The summed E-state index contributed by atoms with van der Waals surface area (Å²) in [6, 6.07) is 1.71. The average molecular weight is 361 g/mol. The molecule has 1 aromatic rings. The van der Waals surface area contributed by atoms with Crippen LogP contribution in [0.5, 0.6) is 0 Å². The van der Waals surface area contributed by atoms with E-state index in [2.05, 4.69) is 25.8 Å². The Hall–Kier alpha value is -2.28. The Labute approximate surface area is 151 Å². The number of allylic oxidation sites excluding steroid dienone is 1. The van der Waals surface area contributed by atoms with E-state index in [-0.39, 0.29) is 24.0 Å². The number of hydrogen-bond acceptors (Lipinski definition) is 6. The van der Waals surface area contributed by atoms with Gasteiger partial charge < -0.3 is 20.9 Å². The van der Waals surface area contributed by atoms with Crippen molar-refractivity contribution >= 4 is 28.9 Å². The van der Waals surface area contributed by atoms with Crippen molar-refractivity contribution in [2.75, 3.05) is 18.5 Å². The molecule has 1 amide bonds. The van der Waals surface area contributed by atoms with Gasteiger partial charge in [-0.3, -0.25) is 4.79 Å². The molecule has 132 valence electrons. The molecule has 25 heavy (non-hydrogen) atoms. The second-order valence-corrected chi connectivity index (χ2v) is 7.00. The molecule has 1 saturated heterocycles. The first kappa shape index (κ1) is 16.2. The Bertz CT molecular complexity index is 748. The van der Waals surface area contributed by atoms with Crippen LogP contribution < -0.4 is 20.9 Å². The Morgan fingerprint density at radius 1 is 1.40 bits per heavy atom. The van der Waals surface area contributed by atoms with Crippen LogP contribution in [0, 0.1) is 5.92 Å². The van der Waals surface area contributed by atoms with E-state index in [1.54, 1.807) is 13.2 Å². The Morgan fingerprint density at radius 3 is 3.08 bits per heavy atom. The van der Waals surface area contributed by atoms with Crippen molar-refractivity contribution in [3.63, 3.8) is 0 Å². The summed E-state index contributed by atoms with van der Waals surface area (Å²) in [4.78, 5) is 23.4. The fourth-order valence-corrected chi connectivity index (χ4v) is 4.01. The molecule has 4 rings (SSSR count). The topological polar surface area (TPSA) is 82.2 Å². The van der Waals surface area contributed by atoms with Gasteiger partial charge >= 0.3 is 0 Å². The highest BCUT2D eigenvalue weighted by molar-refractivity contribution is 6.29. The second-order valence-electron chi connectivity index (χ2n) is 6.52. The number of nitrogens with zero attached hydrogens (tertiary/aromatic N) is 3. The SMILES string of the molecule is CNC(=O)[C@H]1CCCN1c1ccnc(C2=CNC3NC=C(Cl)CC23)n1. The number of aromatic nitrogens is 2. The standard InChI is InChI=1S/C17H21ClN6O/c1-19-17(25)13-3-2-6-24(13)14-4-5-20-16(23-14)12-9-22-15-11(12)7-10(18)8-21-15/h4-5,8-9,11,13,15,21-22H,2-3,6-7H2,1H3,(H,19,25)/t11?,13-,15?/m1/s1. The van der Waals surface area contributed by atoms with Crippen molar-refractivity contribution in [1.29, 1.82) is 0 Å². The zero-order valence-electron chi connectivity index (χ0n) is 14.0. The van der Waals surface area contributed by atoms with Crippen LogP contribution in [0.25, 0.3) is 5.57 Å². The summed E-state index contributed by atoms with van der Waals surface area (Å²) < 4.78 is 0. The molecule has 3 aliphatic rings. The largest absolute Gasteiger partial charge is 0.370 e. The van der Waals surface area contributed by atoms with Crippen LogP contribution in [-0.4, -0.2) is 41.7 Å². The molecule has 0 spiro atoms. The molecule has 0 saturated carbocycles. The number of nitrogens with one attached hydrogen (secondary N) is 3. The van der Waals surface area contributed by atoms with Crippen molar-refractivity contribution in [1.82, 2.24) is 25.9 Å². The first-order valence-electron chi connectivity index (χ1n) is 8.55. The minimum Gasteiger partial charge on any atom is -0.370 e. The van der Waals surface area contributed by atoms with Gasteiger partial charge in [0.2, 0.25) is 5.91 Å². The lowest BCUT2D eigenvalue weighted by Gasteiger charge is -2.27. The van der Waals surface area contributed by atoms with Gasteiger partial charge in [0.1, 0.15) is 18.0 Å². The lowest BCUT2D eigenvalue weighted by molar-refractivity contribution is -0.121. The number of hydrogen-bond donors (Lipinski definition) is 3. The first-order chi connectivity index (χ1) is 12.2. The van der Waals surface area contributed by atoms with Gasteiger partial charge in [0.25, 0.3) is 0 Å². The van der Waals surface area contributed by atoms with Crippen LogP contribution in [-0.2, 0) is 4.79 Å². The van der Waals surface area contributed by atoms with E-state index in [1.807, 2.05) is 18.5 Å². The monoisotopic (exact) mass is 360 g/mol. The van der Waals surface area contributed by atoms with Crippen molar-refractivity contribution in [3.8, 4) is 0 Å². The summed E-state index contributed by atoms with van der Waals surface area (Å²) in [7, 11) is 1.67. The Morgan fingerprint density at radius 2 is 2.24 bits per heavy atom. The number of halogens is 1. The van der Waals surface area contributed by atoms with Crippen LogP contribution >= 0.6 is 11.6 Å². The van der Waals surface area contributed by atoms with Crippen LogP contribution in [0.2, 0.25) is 0 Å². The fourth-order valence-electron chi connectivity index (χ4n) is 3.78. The van der Waals surface area contributed by atoms with Crippen molar-refractivity contribution < 1.29 is 4.79 Å². The molecule has 7 nitrogen and oxygen atoms in total. The minimum atomic E-state index is -0.162. The van der Waals surface area contributed by atoms with Gasteiger partial charge in [-0.15, -0.1) is 0 Å². The molecule has 0 aliphatic carbocycles. The van der Waals surface area contributed by atoms with Gasteiger partial charge in [0.15, 0.2) is 5.82 Å². The molecule has 3 atom stereocenters. The molecule has 1 aromatic heterocycles. The molecule has 1 fully saturated rings. The zero-order chi connectivity index (χ0) is 17.4. The fraction of sp³-hybridized carbons (Fsp3) is 0.471. The molecule has 0 radical (unpaired) electrons. The number of amides is 1. The van der Waals surface area contributed by atoms with Crippen molar-refractivity contribution in [2.24, 2.45) is 5.92 Å². The first-order valence-corrected chi connectivity index (χ1v) is 8.93. The summed E-state index contributed by atoms with van der Waals surface area (Å²) in [6.07, 6.45) is 8.27. The number of anilines is 1. The molecule has 8 heteroatoms. The minimum absolute atomic E-state index is 0.0351. The van der Waals surface area contributed by atoms with Crippen LogP contribution in [0.4, 0.5) is 5.82 Å². The average Bonchev–Trinajstić information content (AvgIpc) is 3.28. The number of fused-ring (bicyclic) bond motifs is 1.